The first kappa shape index (κ1) is 9.43. The summed E-state index contributed by atoms with van der Waals surface area (Å²) in [6, 6.07) is 0. The second kappa shape index (κ2) is 3.35. The molecule has 0 aromatic carbocycles. The minimum Gasteiger partial charge on any atom is -0.379 e. The zero-order chi connectivity index (χ0) is 11.0. The number of β-amino-alcohol motifs (C(OH)–C–C–N with tert-alkyl or cyclic N) is 1. The predicted molar refractivity (Wildman–Crippen MR) is 51.1 cm³/mol. The van der Waals surface area contributed by atoms with Crippen LogP contribution < -0.4 is 5.32 Å². The molecule has 0 spiro atoms. The van der Waals surface area contributed by atoms with E-state index in [1.807, 2.05) is 0 Å². The maximum absolute atomic E-state index is 10.2. The molecule has 2 aromatic rings. The van der Waals surface area contributed by atoms with Crippen molar-refractivity contribution < 1.29 is 9.63 Å². The normalized spacial score (nSPS) is 25.1. The quantitative estimate of drug-likeness (QED) is 0.599. The van der Waals surface area contributed by atoms with Crippen molar-refractivity contribution in [2.75, 3.05) is 13.1 Å². The molecule has 1 aliphatic rings. The van der Waals surface area contributed by atoms with Gasteiger partial charge >= 0.3 is 0 Å². The molecule has 0 saturated carbocycles. The molecule has 1 fully saturated rings. The second-order valence-corrected chi connectivity index (χ2v) is 3.72. The Bertz CT molecular complexity index is 472. The van der Waals surface area contributed by atoms with Gasteiger partial charge in [-0.25, -0.2) is 4.98 Å². The molecule has 1 atom stereocenters. The standard InChI is InChI=1S/C8H10N6O2/c15-8(1-2-9-3-8)7-12-6(14-16-7)5-10-4-11-13-5/h4,9,15H,1-3H2,(H,10,11,13). The van der Waals surface area contributed by atoms with Crippen LogP contribution >= 0.6 is 0 Å². The van der Waals surface area contributed by atoms with Gasteiger partial charge in [0.1, 0.15) is 6.33 Å². The highest BCUT2D eigenvalue weighted by Gasteiger charge is 2.38. The highest BCUT2D eigenvalue weighted by atomic mass is 16.5. The molecule has 1 saturated heterocycles. The Morgan fingerprint density at radius 1 is 1.50 bits per heavy atom. The van der Waals surface area contributed by atoms with Crippen molar-refractivity contribution in [3.63, 3.8) is 0 Å². The first-order valence-corrected chi connectivity index (χ1v) is 4.91. The molecule has 0 amide bonds. The molecule has 0 bridgehead atoms. The monoisotopic (exact) mass is 222 g/mol. The summed E-state index contributed by atoms with van der Waals surface area (Å²) in [6.45, 7) is 1.15. The Hall–Kier alpha value is -1.80. The van der Waals surface area contributed by atoms with E-state index in [0.29, 0.717) is 24.6 Å². The van der Waals surface area contributed by atoms with Gasteiger partial charge in [-0.05, 0) is 13.0 Å². The summed E-state index contributed by atoms with van der Waals surface area (Å²) in [5, 5.41) is 23.3. The van der Waals surface area contributed by atoms with Gasteiger partial charge in [0, 0.05) is 6.54 Å². The van der Waals surface area contributed by atoms with Crippen LogP contribution in [0.1, 0.15) is 12.3 Å². The van der Waals surface area contributed by atoms with Crippen LogP contribution in [0.3, 0.4) is 0 Å². The fourth-order valence-corrected chi connectivity index (χ4v) is 1.68. The van der Waals surface area contributed by atoms with Gasteiger partial charge in [0.05, 0.1) is 0 Å². The van der Waals surface area contributed by atoms with E-state index in [1.54, 1.807) is 0 Å². The van der Waals surface area contributed by atoms with E-state index in [9.17, 15) is 5.11 Å². The van der Waals surface area contributed by atoms with Gasteiger partial charge in [0.15, 0.2) is 11.4 Å². The zero-order valence-electron chi connectivity index (χ0n) is 8.34. The Labute approximate surface area is 90.1 Å². The number of hydrogen-bond acceptors (Lipinski definition) is 7. The molecule has 16 heavy (non-hydrogen) atoms. The largest absolute Gasteiger partial charge is 0.379 e. The molecule has 84 valence electrons. The number of nitrogens with zero attached hydrogens (tertiary/aromatic N) is 4. The molecule has 2 aromatic heterocycles. The lowest BCUT2D eigenvalue weighted by Crippen LogP contribution is -2.28. The van der Waals surface area contributed by atoms with Gasteiger partial charge in [-0.15, -0.1) is 0 Å². The topological polar surface area (TPSA) is 113 Å². The summed E-state index contributed by atoms with van der Waals surface area (Å²) < 4.78 is 5.04. The van der Waals surface area contributed by atoms with Gasteiger partial charge in [-0.2, -0.15) is 10.1 Å². The minimum atomic E-state index is -1.06. The van der Waals surface area contributed by atoms with Crippen LogP contribution in [0.15, 0.2) is 10.9 Å². The molecule has 3 heterocycles. The smallest absolute Gasteiger partial charge is 0.260 e. The van der Waals surface area contributed by atoms with Crippen LogP contribution in [0.2, 0.25) is 0 Å². The highest BCUT2D eigenvalue weighted by Crippen LogP contribution is 2.27. The van der Waals surface area contributed by atoms with Gasteiger partial charge < -0.3 is 14.9 Å². The number of aliphatic hydroxyl groups is 1. The van der Waals surface area contributed by atoms with Crippen LogP contribution in [0.5, 0.6) is 0 Å². The fraction of sp³-hybridized carbons (Fsp3) is 0.500. The average Bonchev–Trinajstić information content (AvgIpc) is 2.98. The molecule has 8 nitrogen and oxygen atoms in total. The molecule has 0 aliphatic carbocycles. The Morgan fingerprint density at radius 3 is 3.12 bits per heavy atom. The Morgan fingerprint density at radius 2 is 2.44 bits per heavy atom. The first-order chi connectivity index (χ1) is 7.78. The van der Waals surface area contributed by atoms with Crippen molar-refractivity contribution in [2.24, 2.45) is 0 Å². The van der Waals surface area contributed by atoms with Gasteiger partial charge in [0.2, 0.25) is 5.82 Å². The maximum Gasteiger partial charge on any atom is 0.260 e. The summed E-state index contributed by atoms with van der Waals surface area (Å²) >= 11 is 0. The molecular formula is C8H10N6O2. The molecular weight excluding hydrogens is 212 g/mol. The van der Waals surface area contributed by atoms with E-state index in [-0.39, 0.29) is 5.89 Å². The van der Waals surface area contributed by atoms with Crippen molar-refractivity contribution >= 4 is 0 Å². The Balaban J connectivity index is 1.93. The van der Waals surface area contributed by atoms with Gasteiger partial charge in [-0.1, -0.05) is 5.16 Å². The lowest BCUT2D eigenvalue weighted by molar-refractivity contribution is 0.0243. The SMILES string of the molecule is OC1(c2nc(-c3ncn[nH]3)no2)CCNC1. The number of nitrogens with one attached hydrogen (secondary N) is 2. The van der Waals surface area contributed by atoms with E-state index in [0.717, 1.165) is 6.54 Å². The van der Waals surface area contributed by atoms with Crippen molar-refractivity contribution in [1.29, 1.82) is 0 Å². The minimum absolute atomic E-state index is 0.212. The van der Waals surface area contributed by atoms with Crippen LogP contribution in [-0.2, 0) is 5.60 Å². The van der Waals surface area contributed by atoms with E-state index < -0.39 is 5.60 Å². The average molecular weight is 222 g/mol. The highest BCUT2D eigenvalue weighted by molar-refractivity contribution is 5.40. The van der Waals surface area contributed by atoms with Crippen molar-refractivity contribution in [3.05, 3.63) is 12.2 Å². The molecule has 8 heteroatoms. The fourth-order valence-electron chi connectivity index (χ4n) is 1.68. The molecule has 1 aliphatic heterocycles. The maximum atomic E-state index is 10.2. The molecule has 1 unspecified atom stereocenters. The third-order valence-electron chi connectivity index (χ3n) is 2.58. The molecule has 0 radical (unpaired) electrons. The van der Waals surface area contributed by atoms with E-state index >= 15 is 0 Å². The summed E-state index contributed by atoms with van der Waals surface area (Å²) in [7, 11) is 0. The van der Waals surface area contributed by atoms with Gasteiger partial charge in [0.25, 0.3) is 5.89 Å². The number of H-pyrrole nitrogens is 1. The number of rotatable bonds is 2. The Kier molecular flexibility index (Phi) is 1.98. The van der Waals surface area contributed by atoms with Crippen molar-refractivity contribution in [3.8, 4) is 11.6 Å². The van der Waals surface area contributed by atoms with Crippen molar-refractivity contribution in [2.45, 2.75) is 12.0 Å². The second-order valence-electron chi connectivity index (χ2n) is 3.72. The van der Waals surface area contributed by atoms with E-state index in [2.05, 4.69) is 30.6 Å². The summed E-state index contributed by atoms with van der Waals surface area (Å²) in [5.74, 6) is 0.932. The number of hydrogen-bond donors (Lipinski definition) is 3. The van der Waals surface area contributed by atoms with E-state index in [1.165, 1.54) is 6.33 Å². The van der Waals surface area contributed by atoms with Gasteiger partial charge in [-0.3, -0.25) is 5.10 Å². The predicted octanol–water partition coefficient (Wildman–Crippen LogP) is -0.964. The lowest BCUT2D eigenvalue weighted by atomic mass is 10.0. The third-order valence-corrected chi connectivity index (χ3v) is 2.58. The summed E-state index contributed by atoms with van der Waals surface area (Å²) in [6.07, 6.45) is 1.92. The molecule has 3 N–H and O–H groups in total. The lowest BCUT2D eigenvalue weighted by Gasteiger charge is -2.14. The van der Waals surface area contributed by atoms with Crippen LogP contribution in [0, 0.1) is 0 Å². The van der Waals surface area contributed by atoms with Crippen LogP contribution in [0.25, 0.3) is 11.6 Å². The number of aromatic nitrogens is 5. The first-order valence-electron chi connectivity index (χ1n) is 4.91. The van der Waals surface area contributed by atoms with Crippen LogP contribution in [-0.4, -0.2) is 43.5 Å². The molecule has 3 rings (SSSR count). The zero-order valence-corrected chi connectivity index (χ0v) is 8.34. The van der Waals surface area contributed by atoms with Crippen LogP contribution in [0.4, 0.5) is 0 Å². The van der Waals surface area contributed by atoms with Crippen molar-refractivity contribution in [1.82, 2.24) is 30.6 Å². The van der Waals surface area contributed by atoms with E-state index in [4.69, 9.17) is 4.52 Å². The third kappa shape index (κ3) is 1.39. The summed E-state index contributed by atoms with van der Waals surface area (Å²) in [5.41, 5.74) is -1.06. The number of aromatic amines is 1. The summed E-state index contributed by atoms with van der Waals surface area (Å²) in [4.78, 5) is 8.01.